The first-order valence-electron chi connectivity index (χ1n) is 7.42. The third kappa shape index (κ3) is 3.63. The molecule has 1 aromatic heterocycles. The number of benzene rings is 1. The highest BCUT2D eigenvalue weighted by Gasteiger charge is 2.10. The number of aromatic nitrogens is 3. The Morgan fingerprint density at radius 2 is 1.86 bits per heavy atom. The largest absolute Gasteiger partial charge is 0.334 e. The summed E-state index contributed by atoms with van der Waals surface area (Å²) in [5.74, 6) is 1.16. The lowest BCUT2D eigenvalue weighted by Crippen LogP contribution is -2.29. The monoisotopic (exact) mass is 301 g/mol. The Kier molecular flexibility index (Phi) is 4.80. The number of urea groups is 1. The van der Waals surface area contributed by atoms with Gasteiger partial charge in [-0.15, -0.1) is 5.10 Å². The zero-order valence-corrected chi connectivity index (χ0v) is 13.8. The van der Waals surface area contributed by atoms with Crippen LogP contribution >= 0.6 is 0 Å². The van der Waals surface area contributed by atoms with E-state index >= 15 is 0 Å². The van der Waals surface area contributed by atoms with Crippen molar-refractivity contribution in [3.05, 3.63) is 40.2 Å². The van der Waals surface area contributed by atoms with Gasteiger partial charge >= 0.3 is 6.03 Å². The lowest BCUT2D eigenvalue weighted by Gasteiger charge is -2.12. The fraction of sp³-hybridized carbons (Fsp3) is 0.438. The third-order valence-electron chi connectivity index (χ3n) is 3.66. The highest BCUT2D eigenvalue weighted by Crippen LogP contribution is 2.16. The van der Waals surface area contributed by atoms with E-state index in [1.165, 1.54) is 16.7 Å². The SMILES string of the molecule is CCc1nc(NC(=O)NCc2c(C)cc(C)cc2C)nn1C. The van der Waals surface area contributed by atoms with Crippen LogP contribution in [-0.2, 0) is 20.0 Å². The Labute approximate surface area is 130 Å². The molecule has 0 spiro atoms. The van der Waals surface area contributed by atoms with E-state index < -0.39 is 0 Å². The topological polar surface area (TPSA) is 71.8 Å². The van der Waals surface area contributed by atoms with Gasteiger partial charge in [0.15, 0.2) is 0 Å². The zero-order chi connectivity index (χ0) is 16.3. The van der Waals surface area contributed by atoms with E-state index in [0.29, 0.717) is 12.5 Å². The van der Waals surface area contributed by atoms with Gasteiger partial charge in [-0.25, -0.2) is 4.79 Å². The highest BCUT2D eigenvalue weighted by molar-refractivity contribution is 5.87. The molecule has 0 bridgehead atoms. The molecule has 0 fully saturated rings. The molecule has 2 N–H and O–H groups in total. The van der Waals surface area contributed by atoms with Gasteiger partial charge in [-0.1, -0.05) is 24.6 Å². The van der Waals surface area contributed by atoms with Crippen molar-refractivity contribution in [2.75, 3.05) is 5.32 Å². The molecule has 0 saturated carbocycles. The second-order valence-electron chi connectivity index (χ2n) is 5.51. The summed E-state index contributed by atoms with van der Waals surface area (Å²) in [6.07, 6.45) is 0.772. The number of carbonyl (C=O) groups excluding carboxylic acids is 1. The Bertz CT molecular complexity index is 667. The van der Waals surface area contributed by atoms with Crippen molar-refractivity contribution in [1.29, 1.82) is 0 Å². The Morgan fingerprint density at radius 1 is 1.23 bits per heavy atom. The molecule has 0 aliphatic heterocycles. The zero-order valence-electron chi connectivity index (χ0n) is 13.8. The fourth-order valence-corrected chi connectivity index (χ4v) is 2.58. The summed E-state index contributed by atoms with van der Waals surface area (Å²) in [4.78, 5) is 16.2. The van der Waals surface area contributed by atoms with Gasteiger partial charge in [0.05, 0.1) is 0 Å². The minimum atomic E-state index is -0.298. The second-order valence-corrected chi connectivity index (χ2v) is 5.51. The van der Waals surface area contributed by atoms with Gasteiger partial charge in [0.2, 0.25) is 5.95 Å². The molecule has 118 valence electrons. The Hall–Kier alpha value is -2.37. The number of hydrogen-bond donors (Lipinski definition) is 2. The maximum absolute atomic E-state index is 12.0. The summed E-state index contributed by atoms with van der Waals surface area (Å²) in [5.41, 5.74) is 4.74. The average Bonchev–Trinajstić information content (AvgIpc) is 2.77. The predicted molar refractivity (Wildman–Crippen MR) is 86.9 cm³/mol. The quantitative estimate of drug-likeness (QED) is 0.912. The van der Waals surface area contributed by atoms with Gasteiger partial charge in [-0.2, -0.15) is 4.98 Å². The molecule has 2 amide bonds. The van der Waals surface area contributed by atoms with E-state index in [1.54, 1.807) is 4.68 Å². The Morgan fingerprint density at radius 3 is 2.41 bits per heavy atom. The molecule has 1 aromatic carbocycles. The summed E-state index contributed by atoms with van der Waals surface area (Å²) in [7, 11) is 1.81. The number of aryl methyl sites for hydroxylation is 5. The van der Waals surface area contributed by atoms with E-state index in [9.17, 15) is 4.79 Å². The first-order valence-corrected chi connectivity index (χ1v) is 7.42. The minimum Gasteiger partial charge on any atom is -0.334 e. The van der Waals surface area contributed by atoms with Gasteiger partial charge in [0.25, 0.3) is 0 Å². The summed E-state index contributed by atoms with van der Waals surface area (Å²) < 4.78 is 1.67. The molecule has 0 aliphatic rings. The normalized spacial score (nSPS) is 10.6. The van der Waals surface area contributed by atoms with Crippen molar-refractivity contribution in [3.63, 3.8) is 0 Å². The molecule has 6 heteroatoms. The van der Waals surface area contributed by atoms with Gasteiger partial charge in [-0.05, 0) is 37.5 Å². The molecule has 2 rings (SSSR count). The third-order valence-corrected chi connectivity index (χ3v) is 3.66. The first-order chi connectivity index (χ1) is 10.4. The van der Waals surface area contributed by atoms with Crippen LogP contribution in [0.15, 0.2) is 12.1 Å². The summed E-state index contributed by atoms with van der Waals surface area (Å²) in [5, 5.41) is 9.68. The molecule has 0 radical (unpaired) electrons. The fourth-order valence-electron chi connectivity index (χ4n) is 2.58. The first kappa shape index (κ1) is 16.0. The maximum atomic E-state index is 12.0. The highest BCUT2D eigenvalue weighted by atomic mass is 16.2. The molecule has 1 heterocycles. The van der Waals surface area contributed by atoms with Crippen molar-refractivity contribution in [1.82, 2.24) is 20.1 Å². The van der Waals surface area contributed by atoms with Crippen molar-refractivity contribution in [2.24, 2.45) is 7.05 Å². The maximum Gasteiger partial charge on any atom is 0.321 e. The lowest BCUT2D eigenvalue weighted by molar-refractivity contribution is 0.251. The number of amides is 2. The van der Waals surface area contributed by atoms with E-state index in [2.05, 4.69) is 53.6 Å². The van der Waals surface area contributed by atoms with Crippen molar-refractivity contribution < 1.29 is 4.79 Å². The molecule has 6 nitrogen and oxygen atoms in total. The van der Waals surface area contributed by atoms with Crippen LogP contribution in [-0.4, -0.2) is 20.8 Å². The number of nitrogens with one attached hydrogen (secondary N) is 2. The molecule has 0 unspecified atom stereocenters. The van der Waals surface area contributed by atoms with E-state index in [1.807, 2.05) is 14.0 Å². The van der Waals surface area contributed by atoms with Crippen molar-refractivity contribution in [2.45, 2.75) is 40.7 Å². The number of rotatable bonds is 4. The molecule has 22 heavy (non-hydrogen) atoms. The van der Waals surface area contributed by atoms with Gasteiger partial charge in [-0.3, -0.25) is 10.00 Å². The standard InChI is InChI=1S/C16H23N5O/c1-6-14-18-15(20-21(14)5)19-16(22)17-9-13-11(3)7-10(2)8-12(13)4/h7-8H,6,9H2,1-5H3,(H2,17,19,20,22). The van der Waals surface area contributed by atoms with Gasteiger partial charge in [0.1, 0.15) is 5.82 Å². The smallest absolute Gasteiger partial charge is 0.321 e. The van der Waals surface area contributed by atoms with Gasteiger partial charge < -0.3 is 5.32 Å². The van der Waals surface area contributed by atoms with Crippen LogP contribution in [0.4, 0.5) is 10.7 Å². The molecule has 0 saturated heterocycles. The number of carbonyl (C=O) groups is 1. The van der Waals surface area contributed by atoms with Crippen molar-refractivity contribution in [3.8, 4) is 0 Å². The van der Waals surface area contributed by atoms with Crippen LogP contribution in [0.3, 0.4) is 0 Å². The average molecular weight is 301 g/mol. The predicted octanol–water partition coefficient (Wildman–Crippen LogP) is 2.62. The summed E-state index contributed by atoms with van der Waals surface area (Å²) >= 11 is 0. The lowest BCUT2D eigenvalue weighted by atomic mass is 10.00. The van der Waals surface area contributed by atoms with Crippen LogP contribution in [0, 0.1) is 20.8 Å². The summed E-state index contributed by atoms with van der Waals surface area (Å²) in [6, 6.07) is 3.94. The van der Waals surface area contributed by atoms with Crippen molar-refractivity contribution >= 4 is 12.0 Å². The second kappa shape index (κ2) is 6.60. The number of nitrogens with zero attached hydrogens (tertiary/aromatic N) is 3. The number of anilines is 1. The van der Waals surface area contributed by atoms with Crippen LogP contribution in [0.2, 0.25) is 0 Å². The molecular weight excluding hydrogens is 278 g/mol. The molecule has 0 atom stereocenters. The van der Waals surface area contributed by atoms with Crippen LogP contribution in [0.1, 0.15) is 35.0 Å². The van der Waals surface area contributed by atoms with Crippen LogP contribution in [0.5, 0.6) is 0 Å². The minimum absolute atomic E-state index is 0.298. The van der Waals surface area contributed by atoms with Crippen LogP contribution in [0.25, 0.3) is 0 Å². The molecular formula is C16H23N5O. The Balaban J connectivity index is 1.98. The molecule has 0 aliphatic carbocycles. The van der Waals surface area contributed by atoms with E-state index in [-0.39, 0.29) is 6.03 Å². The van der Waals surface area contributed by atoms with E-state index in [4.69, 9.17) is 0 Å². The number of hydrogen-bond acceptors (Lipinski definition) is 3. The van der Waals surface area contributed by atoms with Crippen LogP contribution < -0.4 is 10.6 Å². The summed E-state index contributed by atoms with van der Waals surface area (Å²) in [6.45, 7) is 8.67. The van der Waals surface area contributed by atoms with E-state index in [0.717, 1.165) is 17.8 Å². The molecule has 2 aromatic rings. The van der Waals surface area contributed by atoms with Gasteiger partial charge in [0, 0.05) is 20.0 Å².